The van der Waals surface area contributed by atoms with Crippen molar-refractivity contribution >= 4 is 17.3 Å². The maximum atomic E-state index is 14.0. The van der Waals surface area contributed by atoms with E-state index in [1.54, 1.807) is 29.6 Å². The van der Waals surface area contributed by atoms with Gasteiger partial charge >= 0.3 is 5.97 Å². The zero-order valence-electron chi connectivity index (χ0n) is 15.0. The molecule has 1 heterocycles. The summed E-state index contributed by atoms with van der Waals surface area (Å²) in [7, 11) is 0. The summed E-state index contributed by atoms with van der Waals surface area (Å²) in [6.45, 7) is 1.95. The number of aromatic nitrogens is 1. The lowest BCUT2D eigenvalue weighted by molar-refractivity contribution is 0.0698. The van der Waals surface area contributed by atoms with Crippen LogP contribution in [0.5, 0.6) is 0 Å². The van der Waals surface area contributed by atoms with Crippen LogP contribution in [0.4, 0.5) is 4.39 Å². The average molecular weight is 389 g/mol. The van der Waals surface area contributed by atoms with E-state index in [1.807, 2.05) is 43.3 Å². The van der Waals surface area contributed by atoms with Gasteiger partial charge in [-0.05, 0) is 41.8 Å². The predicted molar refractivity (Wildman–Crippen MR) is 110 cm³/mol. The van der Waals surface area contributed by atoms with E-state index in [2.05, 4.69) is 4.98 Å². The largest absolute Gasteiger partial charge is 0.478 e. The number of aromatic carboxylic acids is 1. The lowest BCUT2D eigenvalue weighted by Gasteiger charge is -2.10. The Balaban J connectivity index is 1.78. The van der Waals surface area contributed by atoms with Crippen molar-refractivity contribution in [3.8, 4) is 33.0 Å². The standard InChI is InChI=1S/C23H16FNO2S/c1-14-6-2-3-7-16(14)17-11-10-15(12-19(17)23(26)27)22-25-21(13-28-22)18-8-4-5-9-20(18)24/h2-13H,1H3,(H,26,27). The molecule has 0 spiro atoms. The fourth-order valence-corrected chi connectivity index (χ4v) is 3.98. The number of carbonyl (C=O) groups is 1. The van der Waals surface area contributed by atoms with Crippen molar-refractivity contribution < 1.29 is 14.3 Å². The molecule has 3 nitrogen and oxygen atoms in total. The number of hydrogen-bond donors (Lipinski definition) is 1. The quantitative estimate of drug-likeness (QED) is 0.446. The Kier molecular flexibility index (Phi) is 4.75. The molecule has 0 saturated heterocycles. The van der Waals surface area contributed by atoms with Gasteiger partial charge < -0.3 is 5.11 Å². The van der Waals surface area contributed by atoms with Crippen LogP contribution in [0.25, 0.3) is 33.0 Å². The van der Waals surface area contributed by atoms with Gasteiger partial charge in [-0.25, -0.2) is 14.2 Å². The molecule has 28 heavy (non-hydrogen) atoms. The Labute approximate surface area is 165 Å². The smallest absolute Gasteiger partial charge is 0.336 e. The van der Waals surface area contributed by atoms with E-state index in [9.17, 15) is 14.3 Å². The maximum absolute atomic E-state index is 14.0. The molecular weight excluding hydrogens is 373 g/mol. The number of rotatable bonds is 4. The monoisotopic (exact) mass is 389 g/mol. The molecule has 0 saturated carbocycles. The Morgan fingerprint density at radius 2 is 1.68 bits per heavy atom. The van der Waals surface area contributed by atoms with Crippen LogP contribution in [-0.4, -0.2) is 16.1 Å². The SMILES string of the molecule is Cc1ccccc1-c1ccc(-c2nc(-c3ccccc3F)cs2)cc1C(=O)O. The third-order valence-electron chi connectivity index (χ3n) is 4.59. The highest BCUT2D eigenvalue weighted by molar-refractivity contribution is 7.13. The van der Waals surface area contributed by atoms with Crippen molar-refractivity contribution in [2.24, 2.45) is 0 Å². The molecule has 0 radical (unpaired) electrons. The number of thiazole rings is 1. The molecular formula is C23H16FNO2S. The lowest BCUT2D eigenvalue weighted by atomic mass is 9.94. The molecule has 0 bridgehead atoms. The zero-order valence-corrected chi connectivity index (χ0v) is 15.8. The second-order valence-corrected chi connectivity index (χ2v) is 7.26. The van der Waals surface area contributed by atoms with E-state index in [4.69, 9.17) is 0 Å². The number of halogens is 1. The zero-order chi connectivity index (χ0) is 19.7. The average Bonchev–Trinajstić information content (AvgIpc) is 3.18. The highest BCUT2D eigenvalue weighted by Crippen LogP contribution is 2.34. The fourth-order valence-electron chi connectivity index (χ4n) is 3.16. The van der Waals surface area contributed by atoms with Gasteiger partial charge in [-0.15, -0.1) is 11.3 Å². The van der Waals surface area contributed by atoms with Crippen molar-refractivity contribution in [2.45, 2.75) is 6.92 Å². The maximum Gasteiger partial charge on any atom is 0.336 e. The van der Waals surface area contributed by atoms with Gasteiger partial charge in [0.25, 0.3) is 0 Å². The molecule has 0 amide bonds. The van der Waals surface area contributed by atoms with Gasteiger partial charge in [0.15, 0.2) is 0 Å². The van der Waals surface area contributed by atoms with Crippen LogP contribution in [0.1, 0.15) is 15.9 Å². The van der Waals surface area contributed by atoms with Crippen LogP contribution in [0.3, 0.4) is 0 Å². The number of hydrogen-bond acceptors (Lipinski definition) is 3. The highest BCUT2D eigenvalue weighted by Gasteiger charge is 2.16. The first kappa shape index (κ1) is 18.1. The minimum atomic E-state index is -0.994. The van der Waals surface area contributed by atoms with Crippen LogP contribution in [0.15, 0.2) is 72.1 Å². The summed E-state index contributed by atoms with van der Waals surface area (Å²) in [5, 5.41) is 12.2. The first-order chi connectivity index (χ1) is 13.5. The van der Waals surface area contributed by atoms with Crippen LogP contribution >= 0.6 is 11.3 Å². The summed E-state index contributed by atoms with van der Waals surface area (Å²) >= 11 is 1.36. The van der Waals surface area contributed by atoms with Crippen molar-refractivity contribution in [2.75, 3.05) is 0 Å². The molecule has 0 aliphatic carbocycles. The first-order valence-corrected chi connectivity index (χ1v) is 9.56. The van der Waals surface area contributed by atoms with Crippen molar-refractivity contribution in [1.82, 2.24) is 4.98 Å². The van der Waals surface area contributed by atoms with E-state index in [1.165, 1.54) is 17.4 Å². The van der Waals surface area contributed by atoms with E-state index < -0.39 is 5.97 Å². The Morgan fingerprint density at radius 3 is 2.39 bits per heavy atom. The molecule has 4 rings (SSSR count). The summed E-state index contributed by atoms with van der Waals surface area (Å²) < 4.78 is 14.0. The van der Waals surface area contributed by atoms with Crippen LogP contribution in [0.2, 0.25) is 0 Å². The molecule has 0 unspecified atom stereocenters. The number of carboxylic acids is 1. The number of benzene rings is 3. The van der Waals surface area contributed by atoms with Crippen molar-refractivity contribution in [3.05, 3.63) is 89.1 Å². The van der Waals surface area contributed by atoms with Gasteiger partial charge in [-0.2, -0.15) is 0 Å². The van der Waals surface area contributed by atoms with Gasteiger partial charge in [-0.3, -0.25) is 0 Å². The van der Waals surface area contributed by atoms with E-state index in [0.717, 1.165) is 11.1 Å². The summed E-state index contributed by atoms with van der Waals surface area (Å²) in [6.07, 6.45) is 0. The first-order valence-electron chi connectivity index (χ1n) is 8.69. The fraction of sp³-hybridized carbons (Fsp3) is 0.0435. The van der Waals surface area contributed by atoms with Gasteiger partial charge in [0, 0.05) is 16.5 Å². The Hall–Kier alpha value is -3.31. The summed E-state index contributed by atoms with van der Waals surface area (Å²) in [5.74, 6) is -1.33. The predicted octanol–water partition coefficient (Wildman–Crippen LogP) is 6.29. The number of nitrogens with zero attached hydrogens (tertiary/aromatic N) is 1. The second kappa shape index (κ2) is 7.37. The molecule has 0 atom stereocenters. The summed E-state index contributed by atoms with van der Waals surface area (Å²) in [4.78, 5) is 16.4. The lowest BCUT2D eigenvalue weighted by Crippen LogP contribution is -2.01. The molecule has 1 N–H and O–H groups in total. The van der Waals surface area contributed by atoms with Crippen LogP contribution in [-0.2, 0) is 0 Å². The molecule has 0 fully saturated rings. The van der Waals surface area contributed by atoms with Gasteiger partial charge in [0.05, 0.1) is 11.3 Å². The molecule has 0 aliphatic rings. The summed E-state index contributed by atoms with van der Waals surface area (Å²) in [6, 6.07) is 19.5. The minimum Gasteiger partial charge on any atom is -0.478 e. The normalized spacial score (nSPS) is 10.8. The highest BCUT2D eigenvalue weighted by atomic mass is 32.1. The van der Waals surface area contributed by atoms with Crippen molar-refractivity contribution in [1.29, 1.82) is 0 Å². The van der Waals surface area contributed by atoms with E-state index in [0.29, 0.717) is 27.4 Å². The van der Waals surface area contributed by atoms with E-state index >= 15 is 0 Å². The van der Waals surface area contributed by atoms with Crippen LogP contribution < -0.4 is 0 Å². The third kappa shape index (κ3) is 3.32. The third-order valence-corrected chi connectivity index (χ3v) is 5.48. The second-order valence-electron chi connectivity index (χ2n) is 6.40. The summed E-state index contributed by atoms with van der Waals surface area (Å²) in [5.41, 5.74) is 4.45. The van der Waals surface area contributed by atoms with Gasteiger partial charge in [0.2, 0.25) is 0 Å². The molecule has 4 aromatic rings. The molecule has 3 aromatic carbocycles. The van der Waals surface area contributed by atoms with Gasteiger partial charge in [0.1, 0.15) is 10.8 Å². The minimum absolute atomic E-state index is 0.217. The molecule has 0 aliphatic heterocycles. The number of carboxylic acid groups (broad SMARTS) is 1. The topological polar surface area (TPSA) is 50.2 Å². The van der Waals surface area contributed by atoms with E-state index in [-0.39, 0.29) is 11.4 Å². The Bertz CT molecular complexity index is 1180. The Morgan fingerprint density at radius 1 is 0.964 bits per heavy atom. The van der Waals surface area contributed by atoms with Crippen LogP contribution in [0, 0.1) is 12.7 Å². The van der Waals surface area contributed by atoms with Gasteiger partial charge in [-0.1, -0.05) is 48.5 Å². The number of aryl methyl sites for hydroxylation is 1. The molecule has 1 aromatic heterocycles. The molecule has 5 heteroatoms. The molecule has 138 valence electrons. The van der Waals surface area contributed by atoms with Crippen molar-refractivity contribution in [3.63, 3.8) is 0 Å².